The van der Waals surface area contributed by atoms with E-state index < -0.39 is 0 Å². The Bertz CT molecular complexity index is 645. The molecule has 0 radical (unpaired) electrons. The van der Waals surface area contributed by atoms with Crippen molar-refractivity contribution in [1.82, 2.24) is 15.6 Å². The van der Waals surface area contributed by atoms with Crippen LogP contribution in [-0.2, 0) is 0 Å². The number of fused-ring (bicyclic) bond motifs is 1. The van der Waals surface area contributed by atoms with Crippen molar-refractivity contribution in [3.8, 4) is 0 Å². The van der Waals surface area contributed by atoms with Crippen LogP contribution in [-0.4, -0.2) is 30.0 Å². The molecule has 22 heavy (non-hydrogen) atoms. The van der Waals surface area contributed by atoms with Crippen molar-refractivity contribution in [3.63, 3.8) is 0 Å². The highest BCUT2D eigenvalue weighted by Gasteiger charge is 2.15. The number of benzene rings is 1. The molecule has 1 aliphatic heterocycles. The SMILES string of the molecule is Cl.Cl.O=C(NCC1CCCN1)c1ccc2ccc(Cl)cc2n1. The largest absolute Gasteiger partial charge is 0.349 e. The van der Waals surface area contributed by atoms with Crippen molar-refractivity contribution >= 4 is 53.2 Å². The van der Waals surface area contributed by atoms with Crippen molar-refractivity contribution in [2.45, 2.75) is 18.9 Å². The van der Waals surface area contributed by atoms with Crippen LogP contribution in [0.15, 0.2) is 30.3 Å². The van der Waals surface area contributed by atoms with Gasteiger partial charge in [0.1, 0.15) is 5.69 Å². The van der Waals surface area contributed by atoms with Crippen LogP contribution in [0.2, 0.25) is 5.02 Å². The van der Waals surface area contributed by atoms with Crippen LogP contribution < -0.4 is 10.6 Å². The lowest BCUT2D eigenvalue weighted by molar-refractivity contribution is 0.0945. The number of aromatic nitrogens is 1. The van der Waals surface area contributed by atoms with E-state index in [1.54, 1.807) is 12.1 Å². The summed E-state index contributed by atoms with van der Waals surface area (Å²) in [4.78, 5) is 16.5. The minimum absolute atomic E-state index is 0. The summed E-state index contributed by atoms with van der Waals surface area (Å²) in [5.74, 6) is -0.138. The summed E-state index contributed by atoms with van der Waals surface area (Å²) in [7, 11) is 0. The highest BCUT2D eigenvalue weighted by atomic mass is 35.5. The van der Waals surface area contributed by atoms with Gasteiger partial charge in [-0.3, -0.25) is 4.79 Å². The predicted octanol–water partition coefficient (Wildman–Crippen LogP) is 3.21. The van der Waals surface area contributed by atoms with Gasteiger partial charge in [0, 0.05) is 23.0 Å². The Hall–Kier alpha value is -1.07. The van der Waals surface area contributed by atoms with Crippen LogP contribution >= 0.6 is 36.4 Å². The number of nitrogens with zero attached hydrogens (tertiary/aromatic N) is 1. The van der Waals surface area contributed by atoms with Gasteiger partial charge < -0.3 is 10.6 Å². The summed E-state index contributed by atoms with van der Waals surface area (Å²) in [5, 5.41) is 7.87. The van der Waals surface area contributed by atoms with Gasteiger partial charge in [0.2, 0.25) is 0 Å². The van der Waals surface area contributed by atoms with Gasteiger partial charge in [0.15, 0.2) is 0 Å². The molecule has 1 aromatic carbocycles. The number of pyridine rings is 1. The maximum Gasteiger partial charge on any atom is 0.269 e. The lowest BCUT2D eigenvalue weighted by Crippen LogP contribution is -2.37. The zero-order chi connectivity index (χ0) is 13.9. The lowest BCUT2D eigenvalue weighted by Gasteiger charge is -2.11. The number of hydrogen-bond acceptors (Lipinski definition) is 3. The van der Waals surface area contributed by atoms with Crippen molar-refractivity contribution in [2.24, 2.45) is 0 Å². The smallest absolute Gasteiger partial charge is 0.269 e. The first kappa shape index (κ1) is 19.0. The van der Waals surface area contributed by atoms with E-state index in [1.807, 2.05) is 18.2 Å². The molecule has 1 aliphatic rings. The number of carbonyl (C=O) groups excluding carboxylic acids is 1. The molecular formula is C15H18Cl3N3O. The number of halogens is 3. The van der Waals surface area contributed by atoms with Crippen LogP contribution in [0.5, 0.6) is 0 Å². The normalized spacial score (nSPS) is 16.7. The van der Waals surface area contributed by atoms with E-state index >= 15 is 0 Å². The Morgan fingerprint density at radius 2 is 2.09 bits per heavy atom. The molecule has 1 unspecified atom stereocenters. The van der Waals surface area contributed by atoms with E-state index in [0.717, 1.165) is 23.9 Å². The summed E-state index contributed by atoms with van der Waals surface area (Å²) in [6.07, 6.45) is 2.29. The fourth-order valence-corrected chi connectivity index (χ4v) is 2.62. The van der Waals surface area contributed by atoms with Crippen molar-refractivity contribution < 1.29 is 4.79 Å². The Morgan fingerprint density at radius 1 is 1.32 bits per heavy atom. The summed E-state index contributed by atoms with van der Waals surface area (Å²) >= 11 is 5.95. The second-order valence-electron chi connectivity index (χ2n) is 5.04. The summed E-state index contributed by atoms with van der Waals surface area (Å²) in [6, 6.07) is 9.50. The zero-order valence-corrected chi connectivity index (χ0v) is 14.2. The fraction of sp³-hybridized carbons (Fsp3) is 0.333. The average molecular weight is 363 g/mol. The zero-order valence-electron chi connectivity index (χ0n) is 11.8. The van der Waals surface area contributed by atoms with Gasteiger partial charge in [-0.05, 0) is 37.6 Å². The van der Waals surface area contributed by atoms with E-state index in [9.17, 15) is 4.79 Å². The molecule has 1 amide bonds. The second-order valence-corrected chi connectivity index (χ2v) is 5.47. The topological polar surface area (TPSA) is 54.0 Å². The first-order chi connectivity index (χ1) is 9.72. The molecule has 1 fully saturated rings. The number of nitrogens with one attached hydrogen (secondary N) is 2. The van der Waals surface area contributed by atoms with E-state index in [4.69, 9.17) is 11.6 Å². The van der Waals surface area contributed by atoms with Crippen molar-refractivity contribution in [2.75, 3.05) is 13.1 Å². The number of rotatable bonds is 3. The van der Waals surface area contributed by atoms with E-state index in [1.165, 1.54) is 6.42 Å². The number of amides is 1. The Balaban J connectivity index is 0.00000121. The van der Waals surface area contributed by atoms with Crippen LogP contribution in [0.1, 0.15) is 23.3 Å². The van der Waals surface area contributed by atoms with Gasteiger partial charge >= 0.3 is 0 Å². The van der Waals surface area contributed by atoms with Gasteiger partial charge in [-0.2, -0.15) is 0 Å². The molecule has 1 atom stereocenters. The molecule has 7 heteroatoms. The Labute approximate surface area is 146 Å². The van der Waals surface area contributed by atoms with Gasteiger partial charge in [0.05, 0.1) is 5.52 Å². The highest BCUT2D eigenvalue weighted by molar-refractivity contribution is 6.31. The number of hydrogen-bond donors (Lipinski definition) is 2. The molecule has 2 aromatic rings. The minimum atomic E-state index is -0.138. The molecule has 0 saturated carbocycles. The lowest BCUT2D eigenvalue weighted by atomic mass is 10.2. The monoisotopic (exact) mass is 361 g/mol. The standard InChI is InChI=1S/C15H16ClN3O.2ClH/c16-11-5-3-10-4-6-13(19-14(10)8-11)15(20)18-9-12-2-1-7-17-12;;/h3-6,8,12,17H,1-2,7,9H2,(H,18,20);2*1H. The fourth-order valence-electron chi connectivity index (χ4n) is 2.45. The third-order valence-corrected chi connectivity index (χ3v) is 3.79. The van der Waals surface area contributed by atoms with E-state index in [0.29, 0.717) is 23.3 Å². The van der Waals surface area contributed by atoms with Crippen LogP contribution in [0.3, 0.4) is 0 Å². The summed E-state index contributed by atoms with van der Waals surface area (Å²) in [5.41, 5.74) is 1.17. The van der Waals surface area contributed by atoms with Crippen LogP contribution in [0.4, 0.5) is 0 Å². The molecule has 2 N–H and O–H groups in total. The highest BCUT2D eigenvalue weighted by Crippen LogP contribution is 2.18. The van der Waals surface area contributed by atoms with Gasteiger partial charge in [-0.1, -0.05) is 23.7 Å². The van der Waals surface area contributed by atoms with Crippen molar-refractivity contribution in [1.29, 1.82) is 0 Å². The third-order valence-electron chi connectivity index (χ3n) is 3.56. The molecule has 120 valence electrons. The molecule has 1 saturated heterocycles. The molecule has 1 aromatic heterocycles. The number of carbonyl (C=O) groups is 1. The maximum absolute atomic E-state index is 12.1. The third kappa shape index (κ3) is 4.46. The Kier molecular flexibility index (Phi) is 7.36. The van der Waals surface area contributed by atoms with Gasteiger partial charge in [-0.15, -0.1) is 24.8 Å². The second kappa shape index (κ2) is 8.53. The maximum atomic E-state index is 12.1. The van der Waals surface area contributed by atoms with Crippen LogP contribution in [0, 0.1) is 0 Å². The molecule has 4 nitrogen and oxygen atoms in total. The molecule has 0 bridgehead atoms. The minimum Gasteiger partial charge on any atom is -0.349 e. The summed E-state index contributed by atoms with van der Waals surface area (Å²) in [6.45, 7) is 1.68. The summed E-state index contributed by atoms with van der Waals surface area (Å²) < 4.78 is 0. The van der Waals surface area contributed by atoms with Gasteiger partial charge in [0.25, 0.3) is 5.91 Å². The average Bonchev–Trinajstić information content (AvgIpc) is 2.97. The first-order valence-corrected chi connectivity index (χ1v) is 7.18. The Morgan fingerprint density at radius 3 is 2.82 bits per heavy atom. The van der Waals surface area contributed by atoms with E-state index in [2.05, 4.69) is 15.6 Å². The van der Waals surface area contributed by atoms with Crippen molar-refractivity contribution in [3.05, 3.63) is 41.0 Å². The van der Waals surface area contributed by atoms with Gasteiger partial charge in [-0.25, -0.2) is 4.98 Å². The predicted molar refractivity (Wildman–Crippen MR) is 94.6 cm³/mol. The quantitative estimate of drug-likeness (QED) is 0.881. The molecule has 3 rings (SSSR count). The molecule has 0 spiro atoms. The van der Waals surface area contributed by atoms with Crippen LogP contribution in [0.25, 0.3) is 10.9 Å². The van der Waals surface area contributed by atoms with E-state index in [-0.39, 0.29) is 30.7 Å². The molecule has 2 heterocycles. The molecule has 0 aliphatic carbocycles. The first-order valence-electron chi connectivity index (χ1n) is 6.80. The molecular weight excluding hydrogens is 345 g/mol.